The minimum absolute atomic E-state index is 0.464. The van der Waals surface area contributed by atoms with Gasteiger partial charge < -0.3 is 5.32 Å². The van der Waals surface area contributed by atoms with E-state index in [1.54, 1.807) is 0 Å². The first-order chi connectivity index (χ1) is 9.28. The normalized spacial score (nSPS) is 25.4. The molecule has 1 saturated carbocycles. The minimum atomic E-state index is 0.464. The van der Waals surface area contributed by atoms with Crippen molar-refractivity contribution in [3.63, 3.8) is 0 Å². The predicted molar refractivity (Wildman–Crippen MR) is 80.2 cm³/mol. The molecule has 0 aromatic carbocycles. The van der Waals surface area contributed by atoms with Crippen molar-refractivity contribution in [2.24, 2.45) is 5.92 Å². The summed E-state index contributed by atoms with van der Waals surface area (Å²) >= 11 is 0. The van der Waals surface area contributed by atoms with Crippen LogP contribution in [0, 0.1) is 5.92 Å². The molecule has 3 nitrogen and oxygen atoms in total. The van der Waals surface area contributed by atoms with Crippen molar-refractivity contribution in [3.8, 4) is 0 Å². The molecule has 1 atom stereocenters. The van der Waals surface area contributed by atoms with Gasteiger partial charge in [0.15, 0.2) is 0 Å². The van der Waals surface area contributed by atoms with Crippen LogP contribution in [0.25, 0.3) is 0 Å². The minimum Gasteiger partial charge on any atom is -0.310 e. The van der Waals surface area contributed by atoms with E-state index in [1.807, 2.05) is 0 Å². The summed E-state index contributed by atoms with van der Waals surface area (Å²) in [7, 11) is 0. The fraction of sp³-hybridized carbons (Fsp3) is 0.812. The van der Waals surface area contributed by atoms with E-state index in [0.29, 0.717) is 12.1 Å². The highest BCUT2D eigenvalue weighted by Gasteiger charge is 2.22. The molecule has 1 fully saturated rings. The van der Waals surface area contributed by atoms with Gasteiger partial charge in [-0.05, 0) is 44.6 Å². The first kappa shape index (κ1) is 14.6. The quantitative estimate of drug-likeness (QED) is 0.838. The highest BCUT2D eigenvalue weighted by atomic mass is 15.3. The second-order valence-electron chi connectivity index (χ2n) is 5.85. The molecule has 1 aromatic heterocycles. The molecule has 0 aliphatic heterocycles. The molecular weight excluding hydrogens is 234 g/mol. The van der Waals surface area contributed by atoms with Gasteiger partial charge in [0.25, 0.3) is 0 Å². The average Bonchev–Trinajstić information content (AvgIpc) is 2.94. The van der Waals surface area contributed by atoms with Gasteiger partial charge in [0, 0.05) is 17.8 Å². The molecule has 1 unspecified atom stereocenters. The molecule has 0 amide bonds. The number of hydrogen-bond acceptors (Lipinski definition) is 2. The van der Waals surface area contributed by atoms with Crippen molar-refractivity contribution in [2.75, 3.05) is 6.54 Å². The Hall–Kier alpha value is -0.830. The lowest BCUT2D eigenvalue weighted by Crippen LogP contribution is -2.20. The first-order valence-corrected chi connectivity index (χ1v) is 8.05. The predicted octanol–water partition coefficient (Wildman–Crippen LogP) is 4.09. The molecule has 1 aromatic rings. The van der Waals surface area contributed by atoms with Gasteiger partial charge >= 0.3 is 0 Å². The van der Waals surface area contributed by atoms with Gasteiger partial charge in [-0.25, -0.2) is 0 Å². The van der Waals surface area contributed by atoms with Crippen LogP contribution in [0.4, 0.5) is 0 Å². The molecule has 1 heterocycles. The third-order valence-corrected chi connectivity index (χ3v) is 4.65. The molecule has 3 heteroatoms. The number of nitrogens with zero attached hydrogens (tertiary/aromatic N) is 2. The first-order valence-electron chi connectivity index (χ1n) is 8.05. The van der Waals surface area contributed by atoms with Gasteiger partial charge in [-0.1, -0.05) is 27.2 Å². The van der Waals surface area contributed by atoms with E-state index in [2.05, 4.69) is 48.3 Å². The second-order valence-corrected chi connectivity index (χ2v) is 5.85. The lowest BCUT2D eigenvalue weighted by Gasteiger charge is -2.28. The molecule has 108 valence electrons. The van der Waals surface area contributed by atoms with Crippen LogP contribution >= 0.6 is 0 Å². The van der Waals surface area contributed by atoms with Crippen LogP contribution in [0.5, 0.6) is 0 Å². The molecule has 1 N–H and O–H groups in total. The van der Waals surface area contributed by atoms with Crippen molar-refractivity contribution in [2.45, 2.75) is 71.4 Å². The van der Waals surface area contributed by atoms with Crippen molar-refractivity contribution in [3.05, 3.63) is 18.0 Å². The van der Waals surface area contributed by atoms with E-state index in [4.69, 9.17) is 0 Å². The van der Waals surface area contributed by atoms with Crippen molar-refractivity contribution in [1.29, 1.82) is 0 Å². The Kier molecular flexibility index (Phi) is 5.44. The van der Waals surface area contributed by atoms with Gasteiger partial charge in [-0.15, -0.1) is 0 Å². The summed E-state index contributed by atoms with van der Waals surface area (Å²) in [5, 5.41) is 8.15. The van der Waals surface area contributed by atoms with E-state index in [1.165, 1.54) is 37.7 Å². The van der Waals surface area contributed by atoms with Crippen LogP contribution in [-0.2, 0) is 0 Å². The fourth-order valence-corrected chi connectivity index (χ4v) is 3.29. The summed E-state index contributed by atoms with van der Waals surface area (Å²) in [5.74, 6) is 0.955. The number of aromatic nitrogens is 2. The maximum absolute atomic E-state index is 4.62. The highest BCUT2D eigenvalue weighted by molar-refractivity contribution is 5.10. The topological polar surface area (TPSA) is 29.9 Å². The number of nitrogens with one attached hydrogen (secondary N) is 1. The van der Waals surface area contributed by atoms with E-state index >= 15 is 0 Å². The van der Waals surface area contributed by atoms with E-state index in [0.717, 1.165) is 18.9 Å². The Balaban J connectivity index is 1.97. The molecule has 1 aliphatic carbocycles. The molecule has 0 saturated heterocycles. The van der Waals surface area contributed by atoms with Gasteiger partial charge in [0.05, 0.1) is 12.2 Å². The van der Waals surface area contributed by atoms with Gasteiger partial charge in [0.2, 0.25) is 0 Å². The second kappa shape index (κ2) is 7.09. The highest BCUT2D eigenvalue weighted by Crippen LogP contribution is 2.33. The summed E-state index contributed by atoms with van der Waals surface area (Å²) in [6.45, 7) is 7.74. The van der Waals surface area contributed by atoms with Crippen molar-refractivity contribution < 1.29 is 0 Å². The summed E-state index contributed by atoms with van der Waals surface area (Å²) in [4.78, 5) is 0. The van der Waals surface area contributed by atoms with Gasteiger partial charge in [-0.2, -0.15) is 5.10 Å². The fourth-order valence-electron chi connectivity index (χ4n) is 3.29. The zero-order valence-electron chi connectivity index (χ0n) is 12.7. The number of rotatable bonds is 6. The van der Waals surface area contributed by atoms with Crippen LogP contribution in [0.15, 0.2) is 12.4 Å². The Morgan fingerprint density at radius 3 is 2.58 bits per heavy atom. The van der Waals surface area contributed by atoms with Crippen molar-refractivity contribution in [1.82, 2.24) is 15.1 Å². The molecule has 0 spiro atoms. The van der Waals surface area contributed by atoms with E-state index in [-0.39, 0.29) is 0 Å². The van der Waals surface area contributed by atoms with Crippen LogP contribution in [0.1, 0.15) is 76.9 Å². The Bertz CT molecular complexity index is 364. The van der Waals surface area contributed by atoms with Gasteiger partial charge in [0.1, 0.15) is 0 Å². The zero-order valence-corrected chi connectivity index (χ0v) is 12.7. The molecule has 19 heavy (non-hydrogen) atoms. The lowest BCUT2D eigenvalue weighted by molar-refractivity contribution is 0.256. The number of hydrogen-bond donors (Lipinski definition) is 1. The molecule has 0 radical (unpaired) electrons. The van der Waals surface area contributed by atoms with E-state index in [9.17, 15) is 0 Å². The molecule has 1 aliphatic rings. The third kappa shape index (κ3) is 3.59. The van der Waals surface area contributed by atoms with Crippen LogP contribution in [0.3, 0.4) is 0 Å². The lowest BCUT2D eigenvalue weighted by atomic mass is 9.85. The average molecular weight is 263 g/mol. The SMILES string of the molecule is CCNC(CC)c1cnn(C2CCC(CC)CC2)c1. The van der Waals surface area contributed by atoms with Crippen LogP contribution in [-0.4, -0.2) is 16.3 Å². The maximum atomic E-state index is 4.62. The Labute approximate surface area is 117 Å². The molecular formula is C16H29N3. The maximum Gasteiger partial charge on any atom is 0.0537 e. The molecule has 2 rings (SSSR count). The monoisotopic (exact) mass is 263 g/mol. The van der Waals surface area contributed by atoms with Crippen LogP contribution in [0.2, 0.25) is 0 Å². The molecule has 0 bridgehead atoms. The summed E-state index contributed by atoms with van der Waals surface area (Å²) in [5.41, 5.74) is 1.35. The van der Waals surface area contributed by atoms with Crippen LogP contribution < -0.4 is 5.32 Å². The Morgan fingerprint density at radius 1 is 1.26 bits per heavy atom. The van der Waals surface area contributed by atoms with E-state index < -0.39 is 0 Å². The largest absolute Gasteiger partial charge is 0.310 e. The van der Waals surface area contributed by atoms with Crippen molar-refractivity contribution >= 4 is 0 Å². The summed E-state index contributed by atoms with van der Waals surface area (Å²) in [6.07, 6.45) is 12.2. The Morgan fingerprint density at radius 2 is 2.00 bits per heavy atom. The van der Waals surface area contributed by atoms with Gasteiger partial charge in [-0.3, -0.25) is 4.68 Å². The standard InChI is InChI=1S/C16H29N3/c1-4-13-7-9-15(10-8-13)19-12-14(11-18-19)16(5-2)17-6-3/h11-13,15-17H,4-10H2,1-3H3. The third-order valence-electron chi connectivity index (χ3n) is 4.65. The smallest absolute Gasteiger partial charge is 0.0537 e. The zero-order chi connectivity index (χ0) is 13.7. The summed E-state index contributed by atoms with van der Waals surface area (Å²) in [6, 6.07) is 1.10. The summed E-state index contributed by atoms with van der Waals surface area (Å²) < 4.78 is 2.22.